The molecule has 0 atom stereocenters. The molecule has 0 spiro atoms. The first kappa shape index (κ1) is 13.2. The lowest BCUT2D eigenvalue weighted by Gasteiger charge is -2.01. The number of hydrogen-bond donors (Lipinski definition) is 2. The van der Waals surface area contributed by atoms with E-state index in [1.54, 1.807) is 0 Å². The molecule has 2 rings (SSSR count). The van der Waals surface area contributed by atoms with Crippen LogP contribution in [0.25, 0.3) is 0 Å². The molecule has 2 aromatic rings. The molecule has 0 aromatic carbocycles. The van der Waals surface area contributed by atoms with Crippen molar-refractivity contribution < 1.29 is 19.1 Å². The molecule has 0 radical (unpaired) electrons. The van der Waals surface area contributed by atoms with Gasteiger partial charge in [-0.1, -0.05) is 6.92 Å². The molecule has 0 fully saturated rings. The maximum atomic E-state index is 11.8. The minimum atomic E-state index is -1.08. The van der Waals surface area contributed by atoms with Crippen molar-refractivity contribution in [1.82, 2.24) is 15.3 Å². The van der Waals surface area contributed by atoms with Gasteiger partial charge in [-0.15, -0.1) is 11.3 Å². The number of aromatic carboxylic acids is 1. The summed E-state index contributed by atoms with van der Waals surface area (Å²) in [6.07, 6.45) is 1.79. The quantitative estimate of drug-likeness (QED) is 0.856. The zero-order chi connectivity index (χ0) is 13.8. The predicted octanol–water partition coefficient (Wildman–Crippen LogP) is 1.32. The summed E-state index contributed by atoms with van der Waals surface area (Å²) in [5.74, 6) is -0.931. The number of nitrogens with one attached hydrogen (secondary N) is 1. The van der Waals surface area contributed by atoms with Crippen molar-refractivity contribution >= 4 is 23.2 Å². The van der Waals surface area contributed by atoms with Crippen molar-refractivity contribution in [3.05, 3.63) is 33.9 Å². The third kappa shape index (κ3) is 2.97. The van der Waals surface area contributed by atoms with Gasteiger partial charge in [0.2, 0.25) is 0 Å². The van der Waals surface area contributed by atoms with E-state index in [-0.39, 0.29) is 23.8 Å². The summed E-state index contributed by atoms with van der Waals surface area (Å²) in [4.78, 5) is 30.2. The number of oxazole rings is 1. The average molecular weight is 281 g/mol. The Morgan fingerprint density at radius 1 is 1.53 bits per heavy atom. The van der Waals surface area contributed by atoms with Crippen LogP contribution in [0.4, 0.5) is 0 Å². The molecule has 0 bridgehead atoms. The van der Waals surface area contributed by atoms with Crippen LogP contribution in [0, 0.1) is 0 Å². The molecule has 0 saturated carbocycles. The number of carboxylic acids is 1. The number of thiazole rings is 1. The van der Waals surface area contributed by atoms with Crippen LogP contribution < -0.4 is 5.32 Å². The summed E-state index contributed by atoms with van der Waals surface area (Å²) in [5.41, 5.74) is 0.224. The number of carbonyl (C=O) groups excluding carboxylic acids is 1. The van der Waals surface area contributed by atoms with E-state index in [0.29, 0.717) is 17.2 Å². The first-order chi connectivity index (χ1) is 9.11. The van der Waals surface area contributed by atoms with Gasteiger partial charge in [-0.2, -0.15) is 0 Å². The molecule has 0 aliphatic carbocycles. The number of hydrogen-bond acceptors (Lipinski definition) is 6. The lowest BCUT2D eigenvalue weighted by molar-refractivity contribution is 0.0691. The van der Waals surface area contributed by atoms with Crippen LogP contribution in [0.2, 0.25) is 0 Å². The SMILES string of the molecule is CCc1ocnc1C(=O)NCc1nc(C(=O)O)cs1. The van der Waals surface area contributed by atoms with Crippen LogP contribution in [-0.4, -0.2) is 27.0 Å². The summed E-state index contributed by atoms with van der Waals surface area (Å²) < 4.78 is 5.06. The van der Waals surface area contributed by atoms with Gasteiger partial charge in [-0.3, -0.25) is 4.79 Å². The highest BCUT2D eigenvalue weighted by Crippen LogP contribution is 2.11. The van der Waals surface area contributed by atoms with Crippen LogP contribution >= 0.6 is 11.3 Å². The highest BCUT2D eigenvalue weighted by atomic mass is 32.1. The van der Waals surface area contributed by atoms with Crippen LogP contribution in [0.3, 0.4) is 0 Å². The summed E-state index contributed by atoms with van der Waals surface area (Å²) in [6, 6.07) is 0. The van der Waals surface area contributed by atoms with E-state index in [1.807, 2.05) is 6.92 Å². The Balaban J connectivity index is 1.98. The van der Waals surface area contributed by atoms with E-state index >= 15 is 0 Å². The molecule has 100 valence electrons. The largest absolute Gasteiger partial charge is 0.476 e. The fraction of sp³-hybridized carbons (Fsp3) is 0.273. The minimum Gasteiger partial charge on any atom is -0.476 e. The molecule has 2 N–H and O–H groups in total. The van der Waals surface area contributed by atoms with E-state index in [1.165, 1.54) is 23.1 Å². The normalized spacial score (nSPS) is 10.4. The Morgan fingerprint density at radius 2 is 2.32 bits per heavy atom. The van der Waals surface area contributed by atoms with Gasteiger partial charge >= 0.3 is 5.97 Å². The predicted molar refractivity (Wildman–Crippen MR) is 66.1 cm³/mol. The van der Waals surface area contributed by atoms with Crippen molar-refractivity contribution in [1.29, 1.82) is 0 Å². The maximum absolute atomic E-state index is 11.8. The van der Waals surface area contributed by atoms with Crippen molar-refractivity contribution in [2.24, 2.45) is 0 Å². The monoisotopic (exact) mass is 281 g/mol. The number of aryl methyl sites for hydroxylation is 1. The van der Waals surface area contributed by atoms with Gasteiger partial charge in [0.1, 0.15) is 10.8 Å². The fourth-order valence-electron chi connectivity index (χ4n) is 1.44. The zero-order valence-electron chi connectivity index (χ0n) is 10.0. The number of rotatable bonds is 5. The van der Waals surface area contributed by atoms with E-state index < -0.39 is 5.97 Å². The Bertz CT molecular complexity index is 605. The molecule has 1 amide bonds. The standard InChI is InChI=1S/C11H11N3O4S/c1-2-7-9(13-5-18-7)10(15)12-3-8-14-6(4-19-8)11(16)17/h4-5H,2-3H2,1H3,(H,12,15)(H,16,17). The molecule has 0 aliphatic heterocycles. The summed E-state index contributed by atoms with van der Waals surface area (Å²) >= 11 is 1.18. The number of aromatic nitrogens is 2. The average Bonchev–Trinajstić information content (AvgIpc) is 3.04. The number of carbonyl (C=O) groups is 2. The van der Waals surface area contributed by atoms with Gasteiger partial charge < -0.3 is 14.8 Å². The molecule has 2 heterocycles. The highest BCUT2D eigenvalue weighted by molar-refractivity contribution is 7.09. The topological polar surface area (TPSA) is 105 Å². The highest BCUT2D eigenvalue weighted by Gasteiger charge is 2.16. The van der Waals surface area contributed by atoms with Crippen LogP contribution in [0.15, 0.2) is 16.2 Å². The molecule has 0 unspecified atom stereocenters. The molecular weight excluding hydrogens is 270 g/mol. The molecule has 0 saturated heterocycles. The molecule has 7 nitrogen and oxygen atoms in total. The van der Waals surface area contributed by atoms with Gasteiger partial charge in [0.25, 0.3) is 5.91 Å². The summed E-state index contributed by atoms with van der Waals surface area (Å²) in [5, 5.41) is 13.3. The zero-order valence-corrected chi connectivity index (χ0v) is 10.9. The Hall–Kier alpha value is -2.22. The van der Waals surface area contributed by atoms with Crippen molar-refractivity contribution in [3.63, 3.8) is 0 Å². The van der Waals surface area contributed by atoms with Crippen molar-refractivity contribution in [3.8, 4) is 0 Å². The van der Waals surface area contributed by atoms with E-state index in [0.717, 1.165) is 0 Å². The number of nitrogens with zero attached hydrogens (tertiary/aromatic N) is 2. The second kappa shape index (κ2) is 5.61. The Labute approximate surface area is 112 Å². The van der Waals surface area contributed by atoms with E-state index in [9.17, 15) is 9.59 Å². The van der Waals surface area contributed by atoms with Gasteiger partial charge in [0.05, 0.1) is 6.54 Å². The lowest BCUT2D eigenvalue weighted by Crippen LogP contribution is -2.24. The van der Waals surface area contributed by atoms with Gasteiger partial charge in [-0.05, 0) is 0 Å². The second-order valence-corrected chi connectivity index (χ2v) is 4.53. The molecule has 8 heteroatoms. The third-order valence-corrected chi connectivity index (χ3v) is 3.20. The van der Waals surface area contributed by atoms with Gasteiger partial charge in [0, 0.05) is 11.8 Å². The number of carboxylic acid groups (broad SMARTS) is 1. The first-order valence-corrected chi connectivity index (χ1v) is 6.38. The van der Waals surface area contributed by atoms with Crippen LogP contribution in [0.1, 0.15) is 38.7 Å². The molecule has 2 aromatic heterocycles. The fourth-order valence-corrected chi connectivity index (χ4v) is 2.14. The van der Waals surface area contributed by atoms with Gasteiger partial charge in [0.15, 0.2) is 17.8 Å². The van der Waals surface area contributed by atoms with Crippen LogP contribution in [-0.2, 0) is 13.0 Å². The smallest absolute Gasteiger partial charge is 0.355 e. The number of amides is 1. The maximum Gasteiger partial charge on any atom is 0.355 e. The van der Waals surface area contributed by atoms with Gasteiger partial charge in [-0.25, -0.2) is 14.8 Å². The third-order valence-electron chi connectivity index (χ3n) is 2.35. The van der Waals surface area contributed by atoms with E-state index in [2.05, 4.69) is 15.3 Å². The molecule has 19 heavy (non-hydrogen) atoms. The molecule has 0 aliphatic rings. The second-order valence-electron chi connectivity index (χ2n) is 3.59. The Morgan fingerprint density at radius 3 is 2.95 bits per heavy atom. The van der Waals surface area contributed by atoms with Crippen molar-refractivity contribution in [2.45, 2.75) is 19.9 Å². The summed E-state index contributed by atoms with van der Waals surface area (Å²) in [6.45, 7) is 2.02. The lowest BCUT2D eigenvalue weighted by atomic mass is 10.3. The minimum absolute atomic E-state index is 0.0232. The Kier molecular flexibility index (Phi) is 3.91. The van der Waals surface area contributed by atoms with Crippen molar-refractivity contribution in [2.75, 3.05) is 0 Å². The first-order valence-electron chi connectivity index (χ1n) is 5.50. The summed E-state index contributed by atoms with van der Waals surface area (Å²) in [7, 11) is 0. The molecular formula is C11H11N3O4S. The van der Waals surface area contributed by atoms with Crippen LogP contribution in [0.5, 0.6) is 0 Å². The van der Waals surface area contributed by atoms with E-state index in [4.69, 9.17) is 9.52 Å².